The summed E-state index contributed by atoms with van der Waals surface area (Å²) in [6, 6.07) is 3.37. The molecular formula is C25H25N5O7. The van der Waals surface area contributed by atoms with E-state index in [9.17, 15) is 15.0 Å². The normalized spacial score (nSPS) is 22.1. The number of hydrogen-bond donors (Lipinski definition) is 3. The summed E-state index contributed by atoms with van der Waals surface area (Å²) in [5.74, 6) is 0.846. The van der Waals surface area contributed by atoms with Crippen molar-refractivity contribution < 1.29 is 28.5 Å². The number of furan rings is 1. The zero-order chi connectivity index (χ0) is 26.0. The fourth-order valence-electron chi connectivity index (χ4n) is 5.04. The molecule has 4 N–H and O–H groups in total. The number of rotatable bonds is 5. The third-order valence-corrected chi connectivity index (χ3v) is 7.00. The van der Waals surface area contributed by atoms with E-state index in [0.29, 0.717) is 33.7 Å². The molecule has 5 aromatic rings. The lowest BCUT2D eigenvalue weighted by atomic mass is 10.0. The van der Waals surface area contributed by atoms with E-state index in [0.717, 1.165) is 21.9 Å². The smallest absolute Gasteiger partial charge is 0.336 e. The maximum atomic E-state index is 11.9. The highest BCUT2D eigenvalue weighted by atomic mass is 16.6. The molecule has 192 valence electrons. The minimum atomic E-state index is -1.12. The van der Waals surface area contributed by atoms with Gasteiger partial charge in [-0.25, -0.2) is 19.7 Å². The van der Waals surface area contributed by atoms with Crippen molar-refractivity contribution in [2.75, 3.05) is 12.3 Å². The van der Waals surface area contributed by atoms with Gasteiger partial charge >= 0.3 is 5.63 Å². The van der Waals surface area contributed by atoms with Gasteiger partial charge in [-0.3, -0.25) is 4.57 Å². The van der Waals surface area contributed by atoms with E-state index in [-0.39, 0.29) is 12.4 Å². The molecule has 0 amide bonds. The average Bonchev–Trinajstić information content (AvgIpc) is 3.53. The van der Waals surface area contributed by atoms with Gasteiger partial charge in [0.2, 0.25) is 0 Å². The van der Waals surface area contributed by atoms with Gasteiger partial charge in [0.25, 0.3) is 0 Å². The number of benzene rings is 1. The predicted octanol–water partition coefficient (Wildman–Crippen LogP) is 2.02. The van der Waals surface area contributed by atoms with Crippen LogP contribution in [0, 0.1) is 20.8 Å². The Morgan fingerprint density at radius 1 is 1.11 bits per heavy atom. The first kappa shape index (κ1) is 23.6. The van der Waals surface area contributed by atoms with Gasteiger partial charge < -0.3 is 34.3 Å². The minimum absolute atomic E-state index is 0.0864. The standard InChI is InChI=1S/C25H25N5O7/c1-10-4-17(32)37-20-11(2)21-14(5-13(10)20)15(12(3)35-21)7-34-22-19(33)16(6-31)36-25(22)30-9-29-18-23(26)27-8-28-24(18)30/h4-5,8-9,16,19,22,25,31,33H,6-7H2,1-3H3,(H2,26,27,28)/t16-,19-,22-,25-/m1/s1. The van der Waals surface area contributed by atoms with E-state index in [4.69, 9.17) is 24.0 Å². The van der Waals surface area contributed by atoms with Gasteiger partial charge in [-0.1, -0.05) is 0 Å². The number of nitrogens with two attached hydrogens (primary N) is 1. The van der Waals surface area contributed by atoms with Crippen LogP contribution in [0.2, 0.25) is 0 Å². The number of aliphatic hydroxyl groups is 2. The molecule has 37 heavy (non-hydrogen) atoms. The molecule has 0 unspecified atom stereocenters. The van der Waals surface area contributed by atoms with Crippen LogP contribution in [-0.4, -0.2) is 54.7 Å². The van der Waals surface area contributed by atoms with Gasteiger partial charge in [-0.05, 0) is 32.4 Å². The molecule has 6 rings (SSSR count). The first-order chi connectivity index (χ1) is 17.8. The van der Waals surface area contributed by atoms with Crippen molar-refractivity contribution in [2.45, 2.75) is 51.9 Å². The molecule has 0 saturated carbocycles. The summed E-state index contributed by atoms with van der Waals surface area (Å²) in [5.41, 5.74) is 9.69. The average molecular weight is 508 g/mol. The van der Waals surface area contributed by atoms with E-state index in [1.54, 1.807) is 4.57 Å². The first-order valence-electron chi connectivity index (χ1n) is 11.7. The van der Waals surface area contributed by atoms with Crippen molar-refractivity contribution in [3.8, 4) is 0 Å². The van der Waals surface area contributed by atoms with Crippen molar-refractivity contribution in [2.24, 2.45) is 0 Å². The second-order valence-corrected chi connectivity index (χ2v) is 9.24. The van der Waals surface area contributed by atoms with Crippen molar-refractivity contribution >= 4 is 38.9 Å². The van der Waals surface area contributed by atoms with Crippen molar-refractivity contribution in [1.82, 2.24) is 19.5 Å². The third-order valence-electron chi connectivity index (χ3n) is 7.00. The summed E-state index contributed by atoms with van der Waals surface area (Å²) in [4.78, 5) is 24.4. The van der Waals surface area contributed by atoms with Crippen LogP contribution in [0.1, 0.15) is 28.7 Å². The van der Waals surface area contributed by atoms with E-state index >= 15 is 0 Å². The molecular weight excluding hydrogens is 482 g/mol. The number of nitrogens with zero attached hydrogens (tertiary/aromatic N) is 4. The third kappa shape index (κ3) is 3.60. The van der Waals surface area contributed by atoms with Crippen LogP contribution in [0.15, 0.2) is 38.4 Å². The Balaban J connectivity index is 1.39. The van der Waals surface area contributed by atoms with Crippen LogP contribution in [0.25, 0.3) is 33.1 Å². The lowest BCUT2D eigenvalue weighted by Crippen LogP contribution is -2.35. The molecule has 1 aliphatic heterocycles. The van der Waals surface area contributed by atoms with Crippen LogP contribution in [0.5, 0.6) is 0 Å². The van der Waals surface area contributed by atoms with Crippen LogP contribution in [0.3, 0.4) is 0 Å². The number of imidazole rings is 1. The largest absolute Gasteiger partial charge is 0.461 e. The molecule has 4 aromatic heterocycles. The lowest BCUT2D eigenvalue weighted by molar-refractivity contribution is -0.0761. The van der Waals surface area contributed by atoms with Crippen LogP contribution >= 0.6 is 0 Å². The van der Waals surface area contributed by atoms with E-state index in [1.807, 2.05) is 26.8 Å². The molecule has 1 fully saturated rings. The predicted molar refractivity (Wildman–Crippen MR) is 132 cm³/mol. The fourth-order valence-corrected chi connectivity index (χ4v) is 5.04. The van der Waals surface area contributed by atoms with Crippen molar-refractivity contribution in [3.63, 3.8) is 0 Å². The van der Waals surface area contributed by atoms with Crippen LogP contribution < -0.4 is 11.4 Å². The fraction of sp³-hybridized carbons (Fsp3) is 0.360. The molecule has 1 aliphatic rings. The SMILES string of the molecule is Cc1oc2c(C)c3oc(=O)cc(C)c3cc2c1CO[C@@H]1[C@H](O)[C@@H](CO)O[C@H]1n1cnc2c(N)ncnc21. The molecule has 12 nitrogen and oxygen atoms in total. The highest BCUT2D eigenvalue weighted by Crippen LogP contribution is 2.37. The summed E-state index contributed by atoms with van der Waals surface area (Å²) in [6.45, 7) is 5.21. The van der Waals surface area contributed by atoms with Crippen LogP contribution in [0.4, 0.5) is 5.82 Å². The lowest BCUT2D eigenvalue weighted by Gasteiger charge is -2.22. The number of anilines is 1. The summed E-state index contributed by atoms with van der Waals surface area (Å²) in [7, 11) is 0. The molecule has 1 aromatic carbocycles. The van der Waals surface area contributed by atoms with Gasteiger partial charge in [-0.15, -0.1) is 0 Å². The van der Waals surface area contributed by atoms with Crippen molar-refractivity contribution in [1.29, 1.82) is 0 Å². The summed E-state index contributed by atoms with van der Waals surface area (Å²) < 4.78 is 25.3. The Morgan fingerprint density at radius 2 is 1.89 bits per heavy atom. The Morgan fingerprint density at radius 3 is 2.68 bits per heavy atom. The molecule has 0 radical (unpaired) electrons. The number of aliphatic hydroxyl groups excluding tert-OH is 2. The molecule has 12 heteroatoms. The maximum absolute atomic E-state index is 11.9. The zero-order valence-corrected chi connectivity index (χ0v) is 20.3. The highest BCUT2D eigenvalue weighted by Gasteiger charge is 2.46. The molecule has 0 bridgehead atoms. The van der Waals surface area contributed by atoms with Gasteiger partial charge in [-0.2, -0.15) is 0 Å². The number of nitrogen functional groups attached to an aromatic ring is 1. The van der Waals surface area contributed by atoms with Crippen molar-refractivity contribution in [3.05, 3.63) is 57.7 Å². The quantitative estimate of drug-likeness (QED) is 0.297. The highest BCUT2D eigenvalue weighted by molar-refractivity contribution is 5.99. The number of aryl methyl sites for hydroxylation is 3. The second kappa shape index (κ2) is 8.63. The Bertz CT molecular complexity index is 1720. The monoisotopic (exact) mass is 507 g/mol. The Kier molecular flexibility index (Phi) is 5.49. The van der Waals surface area contributed by atoms with Gasteiger partial charge in [0.1, 0.15) is 47.1 Å². The first-order valence-corrected chi connectivity index (χ1v) is 11.7. The summed E-state index contributed by atoms with van der Waals surface area (Å²) >= 11 is 0. The Labute approximate surface area is 209 Å². The Hall–Kier alpha value is -3.84. The zero-order valence-electron chi connectivity index (χ0n) is 20.3. The van der Waals surface area contributed by atoms with E-state index in [1.165, 1.54) is 18.7 Å². The molecule has 0 aliphatic carbocycles. The van der Waals surface area contributed by atoms with Gasteiger partial charge in [0.15, 0.2) is 17.7 Å². The number of fused-ring (bicyclic) bond motifs is 3. The molecule has 0 spiro atoms. The van der Waals surface area contributed by atoms with Gasteiger partial charge in [0.05, 0.1) is 19.5 Å². The van der Waals surface area contributed by atoms with E-state index < -0.39 is 36.8 Å². The number of hydrogen-bond acceptors (Lipinski definition) is 11. The molecule has 1 saturated heterocycles. The topological polar surface area (TPSA) is 172 Å². The van der Waals surface area contributed by atoms with Crippen LogP contribution in [-0.2, 0) is 16.1 Å². The second-order valence-electron chi connectivity index (χ2n) is 9.24. The summed E-state index contributed by atoms with van der Waals surface area (Å²) in [6.07, 6.45) is -0.873. The molecule has 4 atom stereocenters. The number of ether oxygens (including phenoxy) is 2. The summed E-state index contributed by atoms with van der Waals surface area (Å²) in [5, 5.41) is 22.3. The van der Waals surface area contributed by atoms with Gasteiger partial charge in [0, 0.05) is 28.0 Å². The number of aromatic nitrogens is 4. The minimum Gasteiger partial charge on any atom is -0.461 e. The van der Waals surface area contributed by atoms with E-state index in [2.05, 4.69) is 15.0 Å². The molecule has 5 heterocycles. The maximum Gasteiger partial charge on any atom is 0.336 e.